The smallest absolute Gasteiger partial charge is 0.207 e. The monoisotopic (exact) mass is 359 g/mol. The van der Waals surface area contributed by atoms with Gasteiger partial charge in [-0.2, -0.15) is 4.31 Å². The maximum atomic E-state index is 12.8. The van der Waals surface area contributed by atoms with Crippen LogP contribution in [0.5, 0.6) is 0 Å². The summed E-state index contributed by atoms with van der Waals surface area (Å²) in [6.07, 6.45) is 4.39. The van der Waals surface area contributed by atoms with Crippen molar-refractivity contribution in [2.45, 2.75) is 50.5 Å². The van der Waals surface area contributed by atoms with Gasteiger partial charge in [0.15, 0.2) is 0 Å². The van der Waals surface area contributed by atoms with Crippen molar-refractivity contribution in [3.63, 3.8) is 0 Å². The molecule has 0 radical (unpaired) electrons. The second-order valence-electron chi connectivity index (χ2n) is 5.78. The molecule has 3 nitrogen and oxygen atoms in total. The zero-order valence-electron chi connectivity index (χ0n) is 12.3. The molecule has 1 aromatic rings. The molecule has 0 bridgehead atoms. The predicted molar refractivity (Wildman–Crippen MR) is 85.2 cm³/mol. The first-order chi connectivity index (χ1) is 9.34. The second-order valence-corrected chi connectivity index (χ2v) is 8.60. The van der Waals surface area contributed by atoms with Crippen LogP contribution in [-0.2, 0) is 10.0 Å². The van der Waals surface area contributed by atoms with Crippen molar-refractivity contribution in [3.8, 4) is 0 Å². The predicted octanol–water partition coefficient (Wildman–Crippen LogP) is 3.96. The summed E-state index contributed by atoms with van der Waals surface area (Å²) in [4.78, 5) is 0.364. The average Bonchev–Trinajstić information content (AvgIpc) is 2.38. The van der Waals surface area contributed by atoms with E-state index in [2.05, 4.69) is 22.9 Å². The minimum absolute atomic E-state index is 0.113. The first kappa shape index (κ1) is 16.0. The SMILES string of the molecule is Cc1ccc(S(=O)(=O)N(C)[C@@H]2CCCC[C@@H]2C)c(Br)c1. The Kier molecular flexibility index (Phi) is 4.92. The van der Waals surface area contributed by atoms with Crippen LogP contribution in [0.1, 0.15) is 38.2 Å². The van der Waals surface area contributed by atoms with Crippen molar-refractivity contribution < 1.29 is 8.42 Å². The Morgan fingerprint density at radius 1 is 1.25 bits per heavy atom. The van der Waals surface area contributed by atoms with Crippen LogP contribution < -0.4 is 0 Å². The van der Waals surface area contributed by atoms with Gasteiger partial charge in [0.2, 0.25) is 10.0 Å². The van der Waals surface area contributed by atoms with Gasteiger partial charge >= 0.3 is 0 Å². The highest BCUT2D eigenvalue weighted by molar-refractivity contribution is 9.10. The first-order valence-corrected chi connectivity index (χ1v) is 9.31. The molecular weight excluding hydrogens is 338 g/mol. The number of nitrogens with zero attached hydrogens (tertiary/aromatic N) is 1. The molecule has 1 aliphatic carbocycles. The molecule has 0 heterocycles. The molecule has 0 unspecified atom stereocenters. The van der Waals surface area contributed by atoms with E-state index in [0.717, 1.165) is 24.8 Å². The number of halogens is 1. The fourth-order valence-corrected chi connectivity index (χ4v) is 5.62. The van der Waals surface area contributed by atoms with Crippen molar-refractivity contribution >= 4 is 26.0 Å². The lowest BCUT2D eigenvalue weighted by Gasteiger charge is -2.35. The van der Waals surface area contributed by atoms with Gasteiger partial charge in [-0.3, -0.25) is 0 Å². The van der Waals surface area contributed by atoms with E-state index < -0.39 is 10.0 Å². The van der Waals surface area contributed by atoms with Gasteiger partial charge in [0.05, 0.1) is 4.90 Å². The molecule has 1 aliphatic rings. The molecule has 1 saturated carbocycles. The lowest BCUT2D eigenvalue weighted by Crippen LogP contribution is -2.42. The molecule has 0 spiro atoms. The third-order valence-corrected chi connectivity index (χ3v) is 7.14. The number of hydrogen-bond acceptors (Lipinski definition) is 2. The number of benzene rings is 1. The summed E-state index contributed by atoms with van der Waals surface area (Å²) in [6, 6.07) is 5.50. The van der Waals surface area contributed by atoms with Crippen LogP contribution in [0.3, 0.4) is 0 Å². The molecule has 20 heavy (non-hydrogen) atoms. The van der Waals surface area contributed by atoms with Gasteiger partial charge in [0, 0.05) is 17.6 Å². The Bertz CT molecular complexity index is 586. The highest BCUT2D eigenvalue weighted by Crippen LogP contribution is 2.32. The van der Waals surface area contributed by atoms with Crippen molar-refractivity contribution in [2.75, 3.05) is 7.05 Å². The van der Waals surface area contributed by atoms with E-state index in [1.807, 2.05) is 19.1 Å². The summed E-state index contributed by atoms with van der Waals surface area (Å²) in [6.45, 7) is 4.11. The molecule has 2 rings (SSSR count). The molecule has 0 amide bonds. The largest absolute Gasteiger partial charge is 0.244 e. The van der Waals surface area contributed by atoms with E-state index in [1.54, 1.807) is 17.4 Å². The van der Waals surface area contributed by atoms with Crippen LogP contribution in [0, 0.1) is 12.8 Å². The zero-order valence-corrected chi connectivity index (χ0v) is 14.7. The molecule has 0 saturated heterocycles. The van der Waals surface area contributed by atoms with E-state index in [4.69, 9.17) is 0 Å². The topological polar surface area (TPSA) is 37.4 Å². The van der Waals surface area contributed by atoms with Gasteiger partial charge < -0.3 is 0 Å². The van der Waals surface area contributed by atoms with E-state index in [-0.39, 0.29) is 6.04 Å². The van der Waals surface area contributed by atoms with Crippen LogP contribution >= 0.6 is 15.9 Å². The van der Waals surface area contributed by atoms with Gasteiger partial charge in [-0.05, 0) is 59.3 Å². The molecule has 0 aliphatic heterocycles. The van der Waals surface area contributed by atoms with Crippen molar-refractivity contribution in [1.82, 2.24) is 4.31 Å². The van der Waals surface area contributed by atoms with Gasteiger partial charge in [0.1, 0.15) is 0 Å². The Balaban J connectivity index is 2.33. The molecule has 1 fully saturated rings. The van der Waals surface area contributed by atoms with E-state index in [1.165, 1.54) is 6.42 Å². The lowest BCUT2D eigenvalue weighted by molar-refractivity contribution is 0.213. The fraction of sp³-hybridized carbons (Fsp3) is 0.600. The molecule has 2 atom stereocenters. The highest BCUT2D eigenvalue weighted by Gasteiger charge is 2.33. The number of sulfonamides is 1. The fourth-order valence-electron chi connectivity index (χ4n) is 2.99. The normalized spacial score (nSPS) is 24.1. The summed E-state index contributed by atoms with van der Waals surface area (Å²) in [5.74, 6) is 0.424. The molecule has 112 valence electrons. The summed E-state index contributed by atoms with van der Waals surface area (Å²) >= 11 is 3.38. The Labute approximate surface area is 130 Å². The Morgan fingerprint density at radius 3 is 2.50 bits per heavy atom. The Hall–Kier alpha value is -0.390. The van der Waals surface area contributed by atoms with E-state index in [9.17, 15) is 8.42 Å². The average molecular weight is 360 g/mol. The number of aryl methyl sites for hydroxylation is 1. The molecule has 0 N–H and O–H groups in total. The van der Waals surface area contributed by atoms with Gasteiger partial charge in [-0.25, -0.2) is 8.42 Å². The van der Waals surface area contributed by atoms with Gasteiger partial charge in [-0.15, -0.1) is 0 Å². The van der Waals surface area contributed by atoms with E-state index >= 15 is 0 Å². The molecule has 0 aromatic heterocycles. The standard InChI is InChI=1S/C15H22BrNO2S/c1-11-8-9-15(13(16)10-11)20(18,19)17(3)14-7-5-4-6-12(14)2/h8-10,12,14H,4-7H2,1-3H3/t12-,14+/m0/s1. The van der Waals surface area contributed by atoms with Gasteiger partial charge in [0.25, 0.3) is 0 Å². The minimum atomic E-state index is -3.43. The maximum absolute atomic E-state index is 12.8. The number of hydrogen-bond donors (Lipinski definition) is 0. The lowest BCUT2D eigenvalue weighted by atomic mass is 9.86. The van der Waals surface area contributed by atoms with Crippen molar-refractivity contribution in [3.05, 3.63) is 28.2 Å². The van der Waals surface area contributed by atoms with Crippen LogP contribution in [-0.4, -0.2) is 25.8 Å². The summed E-state index contributed by atoms with van der Waals surface area (Å²) in [7, 11) is -1.72. The van der Waals surface area contributed by atoms with Crippen LogP contribution in [0.4, 0.5) is 0 Å². The summed E-state index contributed by atoms with van der Waals surface area (Å²) < 4.78 is 27.8. The van der Waals surface area contributed by atoms with Crippen LogP contribution in [0.15, 0.2) is 27.6 Å². The summed E-state index contributed by atoms with van der Waals surface area (Å²) in [5, 5.41) is 0. The van der Waals surface area contributed by atoms with Crippen LogP contribution in [0.2, 0.25) is 0 Å². The number of rotatable bonds is 3. The van der Waals surface area contributed by atoms with Crippen molar-refractivity contribution in [1.29, 1.82) is 0 Å². The molecule has 5 heteroatoms. The third kappa shape index (κ3) is 3.10. The minimum Gasteiger partial charge on any atom is -0.207 e. The molecular formula is C15H22BrNO2S. The van der Waals surface area contributed by atoms with Crippen molar-refractivity contribution in [2.24, 2.45) is 5.92 Å². The quantitative estimate of drug-likeness (QED) is 0.818. The molecule has 1 aromatic carbocycles. The highest BCUT2D eigenvalue weighted by atomic mass is 79.9. The Morgan fingerprint density at radius 2 is 1.90 bits per heavy atom. The van der Waals surface area contributed by atoms with Crippen LogP contribution in [0.25, 0.3) is 0 Å². The third-order valence-electron chi connectivity index (χ3n) is 4.28. The maximum Gasteiger partial charge on any atom is 0.244 e. The van der Waals surface area contributed by atoms with E-state index in [0.29, 0.717) is 15.3 Å². The summed E-state index contributed by atoms with van der Waals surface area (Å²) in [5.41, 5.74) is 1.05. The van der Waals surface area contributed by atoms with Gasteiger partial charge in [-0.1, -0.05) is 25.8 Å². The first-order valence-electron chi connectivity index (χ1n) is 7.08. The zero-order chi connectivity index (χ0) is 14.9. The second kappa shape index (κ2) is 6.16.